The van der Waals surface area contributed by atoms with Crippen LogP contribution < -0.4 is 11.3 Å². The predicted molar refractivity (Wildman–Crippen MR) is 87.4 cm³/mol. The van der Waals surface area contributed by atoms with Crippen LogP contribution in [-0.4, -0.2) is 9.78 Å². The molecule has 3 rings (SSSR count). The van der Waals surface area contributed by atoms with E-state index in [2.05, 4.69) is 22.4 Å². The second kappa shape index (κ2) is 6.92. The van der Waals surface area contributed by atoms with Crippen molar-refractivity contribution in [2.24, 2.45) is 5.84 Å². The average molecular weight is 325 g/mol. The molecule has 0 saturated heterocycles. The van der Waals surface area contributed by atoms with E-state index >= 15 is 0 Å². The standard InChI is InChI=1S/C15H21ClN4S/c16-15-7-6-14(21-15)13(18-17)10-11-8-9-20(19-11)12-4-2-1-3-5-12/h6-9,12-13,18H,1-5,10,17H2. The molecular formula is C15H21ClN4S. The van der Waals surface area contributed by atoms with Crippen molar-refractivity contribution in [2.75, 3.05) is 0 Å². The van der Waals surface area contributed by atoms with Gasteiger partial charge in [0.05, 0.1) is 22.1 Å². The van der Waals surface area contributed by atoms with Crippen molar-refractivity contribution in [1.29, 1.82) is 0 Å². The quantitative estimate of drug-likeness (QED) is 0.649. The molecule has 2 aromatic heterocycles. The topological polar surface area (TPSA) is 55.9 Å². The SMILES string of the molecule is NNC(Cc1ccn(C2CCCCC2)n1)c1ccc(Cl)s1. The van der Waals surface area contributed by atoms with Gasteiger partial charge >= 0.3 is 0 Å². The number of halogens is 1. The van der Waals surface area contributed by atoms with Crippen molar-refractivity contribution in [3.63, 3.8) is 0 Å². The Kier molecular flexibility index (Phi) is 4.95. The van der Waals surface area contributed by atoms with Crippen molar-refractivity contribution in [3.8, 4) is 0 Å². The fourth-order valence-corrected chi connectivity index (χ4v) is 4.12. The molecule has 1 saturated carbocycles. The highest BCUT2D eigenvalue weighted by atomic mass is 35.5. The van der Waals surface area contributed by atoms with E-state index in [1.54, 1.807) is 11.3 Å². The number of thiophene rings is 1. The van der Waals surface area contributed by atoms with Crippen LogP contribution in [0, 0.1) is 0 Å². The molecule has 1 unspecified atom stereocenters. The van der Waals surface area contributed by atoms with Crippen molar-refractivity contribution < 1.29 is 0 Å². The van der Waals surface area contributed by atoms with Gasteiger partial charge in [0.1, 0.15) is 0 Å². The molecule has 0 aliphatic heterocycles. The summed E-state index contributed by atoms with van der Waals surface area (Å²) in [7, 11) is 0. The molecule has 0 radical (unpaired) electrons. The maximum Gasteiger partial charge on any atom is 0.0931 e. The van der Waals surface area contributed by atoms with Gasteiger partial charge < -0.3 is 0 Å². The number of aromatic nitrogens is 2. The van der Waals surface area contributed by atoms with Crippen LogP contribution in [0.5, 0.6) is 0 Å². The highest BCUT2D eigenvalue weighted by Gasteiger charge is 2.18. The lowest BCUT2D eigenvalue weighted by molar-refractivity contribution is 0.327. The molecule has 2 aromatic rings. The highest BCUT2D eigenvalue weighted by Crippen LogP contribution is 2.30. The summed E-state index contributed by atoms with van der Waals surface area (Å²) in [6.45, 7) is 0. The van der Waals surface area contributed by atoms with Gasteiger partial charge in [0, 0.05) is 17.5 Å². The zero-order valence-electron chi connectivity index (χ0n) is 12.0. The second-order valence-corrected chi connectivity index (χ2v) is 7.39. The maximum absolute atomic E-state index is 6.00. The smallest absolute Gasteiger partial charge is 0.0931 e. The number of hydrogen-bond donors (Lipinski definition) is 2. The molecule has 21 heavy (non-hydrogen) atoms. The predicted octanol–water partition coefficient (Wildman–Crippen LogP) is 3.85. The third-order valence-electron chi connectivity index (χ3n) is 4.16. The Morgan fingerprint density at radius 2 is 2.14 bits per heavy atom. The molecule has 1 aliphatic rings. The second-order valence-electron chi connectivity index (χ2n) is 5.64. The van der Waals surface area contributed by atoms with Gasteiger partial charge in [-0.15, -0.1) is 11.3 Å². The Bertz CT molecular complexity index is 574. The van der Waals surface area contributed by atoms with Crippen LogP contribution in [0.2, 0.25) is 4.34 Å². The molecule has 0 amide bonds. The molecule has 3 N–H and O–H groups in total. The largest absolute Gasteiger partial charge is 0.271 e. The lowest BCUT2D eigenvalue weighted by Crippen LogP contribution is -2.29. The summed E-state index contributed by atoms with van der Waals surface area (Å²) in [5.41, 5.74) is 3.95. The van der Waals surface area contributed by atoms with Gasteiger partial charge in [-0.1, -0.05) is 30.9 Å². The van der Waals surface area contributed by atoms with E-state index in [9.17, 15) is 0 Å². The molecule has 1 atom stereocenters. The van der Waals surface area contributed by atoms with Crippen molar-refractivity contribution in [1.82, 2.24) is 15.2 Å². The Hall–Kier alpha value is -0.880. The molecule has 0 spiro atoms. The first kappa shape index (κ1) is 15.0. The van der Waals surface area contributed by atoms with Gasteiger partial charge in [-0.3, -0.25) is 16.0 Å². The summed E-state index contributed by atoms with van der Waals surface area (Å²) in [6, 6.07) is 6.68. The average Bonchev–Trinajstić information content (AvgIpc) is 3.15. The van der Waals surface area contributed by atoms with Crippen molar-refractivity contribution in [2.45, 2.75) is 50.6 Å². The van der Waals surface area contributed by atoms with Crippen LogP contribution in [0.4, 0.5) is 0 Å². The summed E-state index contributed by atoms with van der Waals surface area (Å²) in [5.74, 6) is 5.69. The van der Waals surface area contributed by atoms with E-state index in [1.165, 1.54) is 32.1 Å². The van der Waals surface area contributed by atoms with Gasteiger partial charge in [0.25, 0.3) is 0 Å². The zero-order chi connectivity index (χ0) is 14.7. The first-order valence-corrected chi connectivity index (χ1v) is 8.71. The molecule has 1 fully saturated rings. The number of rotatable bonds is 5. The van der Waals surface area contributed by atoms with Crippen molar-refractivity contribution >= 4 is 22.9 Å². The maximum atomic E-state index is 6.00. The van der Waals surface area contributed by atoms with Crippen LogP contribution in [0.1, 0.15) is 54.8 Å². The minimum absolute atomic E-state index is 0.0669. The molecule has 114 valence electrons. The number of nitrogens with zero attached hydrogens (tertiary/aromatic N) is 2. The number of nitrogens with one attached hydrogen (secondary N) is 1. The van der Waals surface area contributed by atoms with Crippen LogP contribution in [0.15, 0.2) is 24.4 Å². The fourth-order valence-electron chi connectivity index (χ4n) is 3.00. The molecular weight excluding hydrogens is 304 g/mol. The molecule has 0 aromatic carbocycles. The van der Waals surface area contributed by atoms with E-state index in [4.69, 9.17) is 22.5 Å². The Labute approximate surface area is 134 Å². The van der Waals surface area contributed by atoms with Gasteiger partial charge in [-0.25, -0.2) is 0 Å². The van der Waals surface area contributed by atoms with Gasteiger partial charge in [0.2, 0.25) is 0 Å². The summed E-state index contributed by atoms with van der Waals surface area (Å²) < 4.78 is 2.93. The van der Waals surface area contributed by atoms with Crippen LogP contribution in [0.3, 0.4) is 0 Å². The number of hydrogen-bond acceptors (Lipinski definition) is 4. The van der Waals surface area contributed by atoms with Crippen LogP contribution in [0.25, 0.3) is 0 Å². The normalized spacial score (nSPS) is 18.0. The van der Waals surface area contributed by atoms with Crippen LogP contribution >= 0.6 is 22.9 Å². The van der Waals surface area contributed by atoms with Crippen molar-refractivity contribution in [3.05, 3.63) is 39.3 Å². The molecule has 4 nitrogen and oxygen atoms in total. The fraction of sp³-hybridized carbons (Fsp3) is 0.533. The summed E-state index contributed by atoms with van der Waals surface area (Å²) in [5, 5.41) is 4.75. The van der Waals surface area contributed by atoms with E-state index in [1.807, 2.05) is 12.1 Å². The van der Waals surface area contributed by atoms with E-state index in [0.717, 1.165) is 21.3 Å². The molecule has 6 heteroatoms. The Balaban J connectivity index is 1.68. The molecule has 0 bridgehead atoms. The van der Waals surface area contributed by atoms with E-state index in [0.29, 0.717) is 6.04 Å². The monoisotopic (exact) mass is 324 g/mol. The highest BCUT2D eigenvalue weighted by molar-refractivity contribution is 7.16. The first-order chi connectivity index (χ1) is 10.3. The first-order valence-electron chi connectivity index (χ1n) is 7.51. The van der Waals surface area contributed by atoms with Gasteiger partial charge in [-0.05, 0) is 31.0 Å². The van der Waals surface area contributed by atoms with Crippen LogP contribution in [-0.2, 0) is 6.42 Å². The lowest BCUT2D eigenvalue weighted by atomic mass is 9.96. The Morgan fingerprint density at radius 1 is 1.33 bits per heavy atom. The lowest BCUT2D eigenvalue weighted by Gasteiger charge is -2.21. The summed E-state index contributed by atoms with van der Waals surface area (Å²) >= 11 is 7.56. The van der Waals surface area contributed by atoms with Gasteiger partial charge in [0.15, 0.2) is 0 Å². The zero-order valence-corrected chi connectivity index (χ0v) is 13.5. The summed E-state index contributed by atoms with van der Waals surface area (Å²) in [6.07, 6.45) is 9.40. The summed E-state index contributed by atoms with van der Waals surface area (Å²) in [4.78, 5) is 1.15. The third-order valence-corrected chi connectivity index (χ3v) is 5.51. The minimum atomic E-state index is 0.0669. The molecule has 2 heterocycles. The van der Waals surface area contributed by atoms with E-state index in [-0.39, 0.29) is 6.04 Å². The number of hydrazine groups is 1. The Morgan fingerprint density at radius 3 is 2.81 bits per heavy atom. The minimum Gasteiger partial charge on any atom is -0.271 e. The molecule has 1 aliphatic carbocycles. The van der Waals surface area contributed by atoms with Gasteiger partial charge in [-0.2, -0.15) is 5.10 Å². The number of nitrogens with two attached hydrogens (primary N) is 1. The van der Waals surface area contributed by atoms with E-state index < -0.39 is 0 Å². The third kappa shape index (κ3) is 3.66.